The van der Waals surface area contributed by atoms with Crippen LogP contribution in [0.15, 0.2) is 39.2 Å². The predicted molar refractivity (Wildman–Crippen MR) is 98.2 cm³/mol. The van der Waals surface area contributed by atoms with Crippen LogP contribution in [0.1, 0.15) is 30.0 Å². The quantitative estimate of drug-likeness (QED) is 0.493. The Bertz CT molecular complexity index is 1030. The van der Waals surface area contributed by atoms with Crippen LogP contribution in [0, 0.1) is 0 Å². The van der Waals surface area contributed by atoms with Crippen molar-refractivity contribution in [3.8, 4) is 0 Å². The number of aromatic amines is 1. The summed E-state index contributed by atoms with van der Waals surface area (Å²) in [6.07, 6.45) is 1.83. The van der Waals surface area contributed by atoms with Gasteiger partial charge in [0.25, 0.3) is 5.56 Å². The lowest BCUT2D eigenvalue weighted by Gasteiger charge is -2.18. The van der Waals surface area contributed by atoms with E-state index in [2.05, 4.69) is 10.3 Å². The van der Waals surface area contributed by atoms with Crippen molar-refractivity contribution >= 4 is 32.6 Å². The fourth-order valence-electron chi connectivity index (χ4n) is 2.81. The summed E-state index contributed by atoms with van der Waals surface area (Å²) in [7, 11) is -1.95. The average molecular weight is 379 g/mol. The van der Waals surface area contributed by atoms with E-state index in [0.29, 0.717) is 33.8 Å². The maximum atomic E-state index is 12.3. The minimum atomic E-state index is -3.36. The molecule has 1 aliphatic rings. The molecule has 2 heterocycles. The summed E-state index contributed by atoms with van der Waals surface area (Å²) >= 11 is 5.45. The molecule has 0 spiro atoms. The van der Waals surface area contributed by atoms with Crippen LogP contribution in [0.4, 0.5) is 0 Å². The van der Waals surface area contributed by atoms with Crippen molar-refractivity contribution in [1.82, 2.24) is 9.78 Å². The highest BCUT2D eigenvalue weighted by molar-refractivity contribution is 7.91. The molecule has 9 heteroatoms. The molecule has 132 valence electrons. The normalized spacial score (nSPS) is 17.3. The molecule has 0 radical (unpaired) electrons. The van der Waals surface area contributed by atoms with E-state index in [1.54, 1.807) is 18.3 Å². The zero-order valence-corrected chi connectivity index (χ0v) is 15.4. The number of sulfone groups is 1. The minimum absolute atomic E-state index is 0.00892. The minimum Gasteiger partial charge on any atom is -0.399 e. The SMILES string of the molecule is CCn1[nH]cc(C(=S)c2ccc3c(c2)/C(=N/OC)CCS3(=O)=O)c1=O. The maximum absolute atomic E-state index is 12.3. The maximum Gasteiger partial charge on any atom is 0.275 e. The van der Waals surface area contributed by atoms with Crippen molar-refractivity contribution in [3.63, 3.8) is 0 Å². The van der Waals surface area contributed by atoms with Crippen LogP contribution in [0.5, 0.6) is 0 Å². The van der Waals surface area contributed by atoms with Crippen molar-refractivity contribution in [2.45, 2.75) is 24.8 Å². The first-order valence-electron chi connectivity index (χ1n) is 7.69. The Kier molecular flexibility index (Phi) is 4.61. The molecule has 1 aromatic heterocycles. The summed E-state index contributed by atoms with van der Waals surface area (Å²) in [6.45, 7) is 2.36. The Morgan fingerprint density at radius 2 is 2.20 bits per heavy atom. The molecule has 1 aromatic carbocycles. The molecule has 0 fully saturated rings. The van der Waals surface area contributed by atoms with Crippen LogP contribution in [0.3, 0.4) is 0 Å². The fraction of sp³-hybridized carbons (Fsp3) is 0.312. The third-order valence-electron chi connectivity index (χ3n) is 4.10. The molecular formula is C16H17N3O4S2. The zero-order chi connectivity index (χ0) is 18.2. The lowest BCUT2D eigenvalue weighted by atomic mass is 10.0. The Morgan fingerprint density at radius 1 is 1.44 bits per heavy atom. The number of H-pyrrole nitrogens is 1. The number of nitrogens with zero attached hydrogens (tertiary/aromatic N) is 2. The Balaban J connectivity index is 2.12. The van der Waals surface area contributed by atoms with E-state index in [1.165, 1.54) is 17.9 Å². The van der Waals surface area contributed by atoms with Crippen LogP contribution >= 0.6 is 12.2 Å². The number of nitrogens with one attached hydrogen (secondary N) is 1. The van der Waals surface area contributed by atoms with Gasteiger partial charge in [-0.05, 0) is 24.6 Å². The van der Waals surface area contributed by atoms with Gasteiger partial charge in [0.05, 0.1) is 26.8 Å². The van der Waals surface area contributed by atoms with Gasteiger partial charge in [0.2, 0.25) is 0 Å². The molecule has 25 heavy (non-hydrogen) atoms. The number of aromatic nitrogens is 2. The molecule has 0 unspecified atom stereocenters. The third kappa shape index (κ3) is 3.05. The molecule has 0 amide bonds. The topological polar surface area (TPSA) is 93.5 Å². The van der Waals surface area contributed by atoms with Crippen LogP contribution in [-0.2, 0) is 21.2 Å². The summed E-state index contributed by atoms with van der Waals surface area (Å²) in [5, 5.41) is 6.79. The highest BCUT2D eigenvalue weighted by Crippen LogP contribution is 2.27. The smallest absolute Gasteiger partial charge is 0.275 e. The van der Waals surface area contributed by atoms with Gasteiger partial charge in [-0.2, -0.15) is 0 Å². The van der Waals surface area contributed by atoms with Gasteiger partial charge in [0, 0.05) is 24.7 Å². The summed E-state index contributed by atoms with van der Waals surface area (Å²) in [5.74, 6) is -0.00892. The number of benzene rings is 1. The highest BCUT2D eigenvalue weighted by atomic mass is 32.2. The van der Waals surface area contributed by atoms with Gasteiger partial charge in [0.15, 0.2) is 9.84 Å². The average Bonchev–Trinajstić information content (AvgIpc) is 2.97. The Hall–Kier alpha value is -2.26. The van der Waals surface area contributed by atoms with E-state index in [-0.39, 0.29) is 22.6 Å². The molecule has 0 saturated heterocycles. The molecule has 2 aromatic rings. The fourth-order valence-corrected chi connectivity index (χ4v) is 4.55. The summed E-state index contributed by atoms with van der Waals surface area (Å²) in [6, 6.07) is 4.80. The number of hydrogen-bond acceptors (Lipinski definition) is 6. The standard InChI is InChI=1S/C16H17N3O4S2/c1-3-19-16(20)12(9-17-19)15(24)10-4-5-14-11(8-10)13(18-23-2)6-7-25(14,21)22/h4-5,8-9,17H,3,6-7H2,1-2H3/b18-13+. The Morgan fingerprint density at radius 3 is 2.84 bits per heavy atom. The molecule has 0 aliphatic carbocycles. The van der Waals surface area contributed by atoms with E-state index in [4.69, 9.17) is 17.1 Å². The van der Waals surface area contributed by atoms with Gasteiger partial charge in [-0.15, -0.1) is 0 Å². The first-order chi connectivity index (χ1) is 11.9. The lowest BCUT2D eigenvalue weighted by molar-refractivity contribution is 0.213. The molecule has 1 N–H and O–H groups in total. The van der Waals surface area contributed by atoms with E-state index >= 15 is 0 Å². The second-order valence-corrected chi connectivity index (χ2v) is 8.05. The van der Waals surface area contributed by atoms with Crippen LogP contribution in [0.2, 0.25) is 0 Å². The van der Waals surface area contributed by atoms with Crippen molar-refractivity contribution < 1.29 is 13.3 Å². The predicted octanol–water partition coefficient (Wildman–Crippen LogP) is 1.49. The van der Waals surface area contributed by atoms with E-state index in [1.807, 2.05) is 6.92 Å². The second-order valence-electron chi connectivity index (χ2n) is 5.57. The number of thiocarbonyl (C=S) groups is 1. The molecule has 7 nitrogen and oxygen atoms in total. The van der Waals surface area contributed by atoms with E-state index in [9.17, 15) is 13.2 Å². The van der Waals surface area contributed by atoms with Gasteiger partial charge in [0.1, 0.15) is 7.11 Å². The Labute approximate surface area is 150 Å². The number of rotatable bonds is 4. The number of oxime groups is 1. The molecular weight excluding hydrogens is 362 g/mol. The van der Waals surface area contributed by atoms with Gasteiger partial charge >= 0.3 is 0 Å². The largest absolute Gasteiger partial charge is 0.399 e. The summed E-state index contributed by atoms with van der Waals surface area (Å²) < 4.78 is 26.0. The van der Waals surface area contributed by atoms with E-state index < -0.39 is 9.84 Å². The summed E-state index contributed by atoms with van der Waals surface area (Å²) in [4.78, 5) is 17.7. The van der Waals surface area contributed by atoms with Gasteiger partial charge in [-0.1, -0.05) is 23.4 Å². The van der Waals surface area contributed by atoms with Gasteiger partial charge < -0.3 is 9.94 Å². The first kappa shape index (κ1) is 17.6. The van der Waals surface area contributed by atoms with Crippen molar-refractivity contribution in [2.24, 2.45) is 5.16 Å². The second kappa shape index (κ2) is 6.57. The molecule has 3 rings (SSSR count). The number of fused-ring (bicyclic) bond motifs is 1. The van der Waals surface area contributed by atoms with Gasteiger partial charge in [-0.25, -0.2) is 8.42 Å². The first-order valence-corrected chi connectivity index (χ1v) is 9.75. The molecule has 1 aliphatic heterocycles. The van der Waals surface area contributed by atoms with Crippen LogP contribution < -0.4 is 5.56 Å². The molecule has 0 bridgehead atoms. The van der Waals surface area contributed by atoms with Crippen molar-refractivity contribution in [1.29, 1.82) is 0 Å². The number of aryl methyl sites for hydroxylation is 1. The highest BCUT2D eigenvalue weighted by Gasteiger charge is 2.29. The monoisotopic (exact) mass is 379 g/mol. The van der Waals surface area contributed by atoms with Gasteiger partial charge in [-0.3, -0.25) is 9.48 Å². The zero-order valence-electron chi connectivity index (χ0n) is 13.8. The van der Waals surface area contributed by atoms with Crippen molar-refractivity contribution in [3.05, 3.63) is 51.4 Å². The molecule has 0 saturated carbocycles. The van der Waals surface area contributed by atoms with Crippen molar-refractivity contribution in [2.75, 3.05) is 12.9 Å². The molecule has 0 atom stereocenters. The third-order valence-corrected chi connectivity index (χ3v) is 6.32. The number of hydrogen-bond donors (Lipinski definition) is 1. The van der Waals surface area contributed by atoms with Crippen LogP contribution in [0.25, 0.3) is 0 Å². The summed E-state index contributed by atoms with van der Waals surface area (Å²) in [5.41, 5.74) is 1.79. The van der Waals surface area contributed by atoms with Crippen LogP contribution in [-0.4, -0.2) is 41.6 Å². The lowest BCUT2D eigenvalue weighted by Crippen LogP contribution is -2.24. The van der Waals surface area contributed by atoms with E-state index in [0.717, 1.165) is 0 Å².